The Labute approximate surface area is 103 Å². The summed E-state index contributed by atoms with van der Waals surface area (Å²) in [6.45, 7) is 0.362. The maximum absolute atomic E-state index is 12.5. The highest BCUT2D eigenvalue weighted by Crippen LogP contribution is 2.42. The van der Waals surface area contributed by atoms with Crippen LogP contribution in [0, 0.1) is 5.92 Å². The zero-order valence-electron chi connectivity index (χ0n) is 10.2. The third-order valence-corrected chi connectivity index (χ3v) is 3.40. The lowest BCUT2D eigenvalue weighted by Gasteiger charge is -2.28. The van der Waals surface area contributed by atoms with Crippen molar-refractivity contribution in [2.45, 2.75) is 44.4 Å². The van der Waals surface area contributed by atoms with Crippen LogP contribution >= 0.6 is 0 Å². The highest BCUT2D eigenvalue weighted by atomic mass is 19.4. The predicted octanol–water partition coefficient (Wildman–Crippen LogP) is 3.66. The van der Waals surface area contributed by atoms with Crippen molar-refractivity contribution < 1.29 is 22.3 Å². The minimum Gasteiger partial charge on any atom is -0.448 e. The second-order valence-electron chi connectivity index (χ2n) is 4.70. The Morgan fingerprint density at radius 1 is 1.33 bits per heavy atom. The van der Waals surface area contributed by atoms with Crippen LogP contribution in [0.3, 0.4) is 0 Å². The van der Waals surface area contributed by atoms with Crippen molar-refractivity contribution in [1.29, 1.82) is 0 Å². The van der Waals surface area contributed by atoms with Crippen LogP contribution in [-0.2, 0) is 11.3 Å². The number of methoxy groups -OCH3 is 1. The zero-order chi connectivity index (χ0) is 13.2. The molecule has 0 aliphatic heterocycles. The fourth-order valence-corrected chi connectivity index (χ4v) is 2.39. The Balaban J connectivity index is 1.92. The van der Waals surface area contributed by atoms with E-state index in [4.69, 9.17) is 9.15 Å². The van der Waals surface area contributed by atoms with E-state index in [9.17, 15) is 13.2 Å². The molecule has 0 spiro atoms. The van der Waals surface area contributed by atoms with Crippen LogP contribution < -0.4 is 0 Å². The van der Waals surface area contributed by atoms with E-state index in [0.29, 0.717) is 31.0 Å². The first-order valence-corrected chi connectivity index (χ1v) is 6.00. The second-order valence-corrected chi connectivity index (χ2v) is 4.70. The van der Waals surface area contributed by atoms with E-state index in [-0.39, 0.29) is 18.8 Å². The summed E-state index contributed by atoms with van der Waals surface area (Å²) in [4.78, 5) is 4.24. The van der Waals surface area contributed by atoms with Gasteiger partial charge < -0.3 is 9.15 Å². The number of hydrogen-bond donors (Lipinski definition) is 0. The Hall–Kier alpha value is -1.04. The number of hydrogen-bond acceptors (Lipinski definition) is 3. The molecule has 0 N–H and O–H groups in total. The molecule has 3 nitrogen and oxygen atoms in total. The van der Waals surface area contributed by atoms with Gasteiger partial charge in [0.25, 0.3) is 0 Å². The van der Waals surface area contributed by atoms with Crippen molar-refractivity contribution in [1.82, 2.24) is 4.98 Å². The zero-order valence-corrected chi connectivity index (χ0v) is 10.2. The third-order valence-electron chi connectivity index (χ3n) is 3.40. The molecule has 0 atom stereocenters. The maximum Gasteiger partial charge on any atom is 0.391 e. The fourth-order valence-electron chi connectivity index (χ4n) is 2.39. The van der Waals surface area contributed by atoms with Gasteiger partial charge in [0.05, 0.1) is 12.5 Å². The van der Waals surface area contributed by atoms with Crippen molar-refractivity contribution in [3.63, 3.8) is 0 Å². The average Bonchev–Trinajstić information content (AvgIpc) is 2.77. The van der Waals surface area contributed by atoms with E-state index in [1.165, 1.54) is 6.26 Å². The lowest BCUT2D eigenvalue weighted by molar-refractivity contribution is -0.182. The van der Waals surface area contributed by atoms with Crippen LogP contribution in [0.2, 0.25) is 0 Å². The molecule has 0 amide bonds. The van der Waals surface area contributed by atoms with Gasteiger partial charge in [0.1, 0.15) is 12.0 Å². The van der Waals surface area contributed by atoms with Gasteiger partial charge in [-0.3, -0.25) is 0 Å². The van der Waals surface area contributed by atoms with E-state index in [1.54, 1.807) is 7.11 Å². The highest BCUT2D eigenvalue weighted by molar-refractivity contribution is 5.01. The Kier molecular flexibility index (Phi) is 3.94. The van der Waals surface area contributed by atoms with Gasteiger partial charge >= 0.3 is 6.18 Å². The Bertz CT molecular complexity index is 381. The summed E-state index contributed by atoms with van der Waals surface area (Å²) < 4.78 is 47.8. The molecule has 0 bridgehead atoms. The highest BCUT2D eigenvalue weighted by Gasteiger charge is 2.42. The van der Waals surface area contributed by atoms with E-state index >= 15 is 0 Å². The molecule has 18 heavy (non-hydrogen) atoms. The molecule has 1 heterocycles. The monoisotopic (exact) mass is 263 g/mol. The summed E-state index contributed by atoms with van der Waals surface area (Å²) >= 11 is 0. The summed E-state index contributed by atoms with van der Waals surface area (Å²) in [6, 6.07) is 0. The maximum atomic E-state index is 12.5. The number of rotatable bonds is 3. The first kappa shape index (κ1) is 13.4. The molecule has 0 unspecified atom stereocenters. The van der Waals surface area contributed by atoms with Crippen LogP contribution in [-0.4, -0.2) is 18.3 Å². The number of oxazole rings is 1. The van der Waals surface area contributed by atoms with Gasteiger partial charge in [-0.2, -0.15) is 13.2 Å². The van der Waals surface area contributed by atoms with Crippen LogP contribution in [0.5, 0.6) is 0 Å². The largest absolute Gasteiger partial charge is 0.448 e. The van der Waals surface area contributed by atoms with Crippen molar-refractivity contribution >= 4 is 0 Å². The summed E-state index contributed by atoms with van der Waals surface area (Å²) in [5, 5.41) is 0. The van der Waals surface area contributed by atoms with E-state index < -0.39 is 12.1 Å². The molecule has 2 rings (SSSR count). The van der Waals surface area contributed by atoms with Gasteiger partial charge in [-0.15, -0.1) is 0 Å². The van der Waals surface area contributed by atoms with Gasteiger partial charge in [-0.1, -0.05) is 0 Å². The van der Waals surface area contributed by atoms with Crippen LogP contribution in [0.1, 0.15) is 43.2 Å². The van der Waals surface area contributed by atoms with Gasteiger partial charge in [0, 0.05) is 13.0 Å². The minimum absolute atomic E-state index is 0.00852. The second kappa shape index (κ2) is 5.30. The lowest BCUT2D eigenvalue weighted by Crippen LogP contribution is -2.27. The minimum atomic E-state index is -4.07. The van der Waals surface area contributed by atoms with E-state index in [1.807, 2.05) is 0 Å². The summed E-state index contributed by atoms with van der Waals surface area (Å²) in [7, 11) is 1.56. The Morgan fingerprint density at radius 3 is 2.56 bits per heavy atom. The first-order chi connectivity index (χ1) is 8.50. The number of halogens is 3. The molecule has 1 saturated carbocycles. The van der Waals surface area contributed by atoms with Crippen molar-refractivity contribution in [3.8, 4) is 0 Å². The van der Waals surface area contributed by atoms with Crippen molar-refractivity contribution in [2.75, 3.05) is 7.11 Å². The van der Waals surface area contributed by atoms with Gasteiger partial charge in [-0.05, 0) is 25.7 Å². The van der Waals surface area contributed by atoms with Crippen LogP contribution in [0.25, 0.3) is 0 Å². The van der Waals surface area contributed by atoms with Gasteiger partial charge in [0.2, 0.25) is 0 Å². The van der Waals surface area contributed by atoms with E-state index in [2.05, 4.69) is 4.98 Å². The Morgan fingerprint density at radius 2 is 2.00 bits per heavy atom. The number of aromatic nitrogens is 1. The van der Waals surface area contributed by atoms with Crippen LogP contribution in [0.4, 0.5) is 13.2 Å². The van der Waals surface area contributed by atoms with E-state index in [0.717, 1.165) is 0 Å². The van der Waals surface area contributed by atoms with Crippen LogP contribution in [0.15, 0.2) is 10.7 Å². The number of ether oxygens (including phenoxy) is 1. The topological polar surface area (TPSA) is 35.3 Å². The quantitative estimate of drug-likeness (QED) is 0.834. The number of alkyl halides is 3. The average molecular weight is 263 g/mol. The van der Waals surface area contributed by atoms with Crippen molar-refractivity contribution in [2.24, 2.45) is 5.92 Å². The third kappa shape index (κ3) is 3.04. The predicted molar refractivity (Wildman–Crippen MR) is 58.0 cm³/mol. The van der Waals surface area contributed by atoms with Crippen molar-refractivity contribution in [3.05, 3.63) is 17.8 Å². The molecule has 0 radical (unpaired) electrons. The fraction of sp³-hybridized carbons (Fsp3) is 0.750. The smallest absolute Gasteiger partial charge is 0.391 e. The number of nitrogens with zero attached hydrogens (tertiary/aromatic N) is 1. The lowest BCUT2D eigenvalue weighted by atomic mass is 9.81. The molecule has 6 heteroatoms. The molecule has 1 aromatic heterocycles. The normalized spacial score (nSPS) is 25.3. The molecule has 1 aliphatic carbocycles. The van der Waals surface area contributed by atoms with Gasteiger partial charge in [0.15, 0.2) is 5.89 Å². The first-order valence-electron chi connectivity index (χ1n) is 6.00. The summed E-state index contributed by atoms with van der Waals surface area (Å²) in [6.07, 6.45) is -1.27. The molecule has 1 fully saturated rings. The summed E-state index contributed by atoms with van der Waals surface area (Å²) in [5.74, 6) is -0.612. The SMILES string of the molecule is COCc1coc(C2CCC(C(F)(F)F)CC2)n1. The molecule has 102 valence electrons. The molecule has 0 saturated heterocycles. The van der Waals surface area contributed by atoms with Gasteiger partial charge in [-0.25, -0.2) is 4.98 Å². The summed E-state index contributed by atoms with van der Waals surface area (Å²) in [5.41, 5.74) is 0.686. The molecular weight excluding hydrogens is 247 g/mol. The molecule has 0 aromatic carbocycles. The molecule has 1 aliphatic rings. The molecule has 1 aromatic rings. The standard InChI is InChI=1S/C12H16F3NO2/c1-17-6-10-7-18-11(16-10)8-2-4-9(5-3-8)12(13,14)15/h7-9H,2-6H2,1H3. The molecular formula is C12H16F3NO2.